The van der Waals surface area contributed by atoms with Crippen LogP contribution in [0.3, 0.4) is 0 Å². The highest BCUT2D eigenvalue weighted by Crippen LogP contribution is 2.06. The second kappa shape index (κ2) is 6.93. The molecular formula is C15H22N2O3. The van der Waals surface area contributed by atoms with E-state index < -0.39 is 11.7 Å². The van der Waals surface area contributed by atoms with Gasteiger partial charge in [0.25, 0.3) is 5.91 Å². The van der Waals surface area contributed by atoms with Crippen LogP contribution in [0.5, 0.6) is 0 Å². The van der Waals surface area contributed by atoms with Gasteiger partial charge in [-0.25, -0.2) is 4.79 Å². The molecule has 110 valence electrons. The Hall–Kier alpha value is -2.04. The molecule has 2 amide bonds. The first kappa shape index (κ1) is 16.0. The number of ether oxygens (including phenoxy) is 1. The summed E-state index contributed by atoms with van der Waals surface area (Å²) < 4.78 is 5.08. The fourth-order valence-corrected chi connectivity index (χ4v) is 1.54. The number of nitrogens with one attached hydrogen (secondary N) is 2. The van der Waals surface area contributed by atoms with Crippen molar-refractivity contribution in [3.8, 4) is 0 Å². The normalized spacial score (nSPS) is 10.8. The van der Waals surface area contributed by atoms with Crippen molar-refractivity contribution in [2.24, 2.45) is 0 Å². The van der Waals surface area contributed by atoms with Crippen molar-refractivity contribution in [3.05, 3.63) is 35.4 Å². The molecule has 0 fully saturated rings. The Morgan fingerprint density at radius 3 is 2.40 bits per heavy atom. The van der Waals surface area contributed by atoms with Crippen LogP contribution in [0, 0.1) is 6.92 Å². The third-order valence-electron chi connectivity index (χ3n) is 2.36. The van der Waals surface area contributed by atoms with Crippen LogP contribution in [0.25, 0.3) is 0 Å². The lowest BCUT2D eigenvalue weighted by atomic mass is 10.1. The molecule has 1 aromatic rings. The van der Waals surface area contributed by atoms with Crippen LogP contribution in [-0.4, -0.2) is 30.7 Å². The summed E-state index contributed by atoms with van der Waals surface area (Å²) in [4.78, 5) is 23.2. The minimum atomic E-state index is -0.519. The van der Waals surface area contributed by atoms with E-state index in [1.807, 2.05) is 25.1 Å². The minimum absolute atomic E-state index is 0.153. The van der Waals surface area contributed by atoms with Gasteiger partial charge in [-0.05, 0) is 39.8 Å². The van der Waals surface area contributed by atoms with Crippen LogP contribution in [0.1, 0.15) is 36.7 Å². The fraction of sp³-hybridized carbons (Fsp3) is 0.467. The second-order valence-corrected chi connectivity index (χ2v) is 5.55. The molecule has 0 spiro atoms. The zero-order chi connectivity index (χ0) is 15.2. The molecule has 0 atom stereocenters. The number of hydrogen-bond donors (Lipinski definition) is 2. The van der Waals surface area contributed by atoms with Gasteiger partial charge in [-0.15, -0.1) is 0 Å². The number of carbonyl (C=O) groups excluding carboxylic acids is 2. The molecular weight excluding hydrogens is 256 g/mol. The standard InChI is InChI=1S/C15H22N2O3/c1-11-6-5-7-12(10-11)13(18)16-8-9-17-14(19)20-15(2,3)4/h5-7,10H,8-9H2,1-4H3,(H,16,18)(H,17,19). The van der Waals surface area contributed by atoms with Crippen molar-refractivity contribution < 1.29 is 14.3 Å². The highest BCUT2D eigenvalue weighted by molar-refractivity contribution is 5.94. The molecule has 1 aromatic carbocycles. The Morgan fingerprint density at radius 1 is 1.15 bits per heavy atom. The molecule has 0 aliphatic heterocycles. The van der Waals surface area contributed by atoms with Crippen molar-refractivity contribution in [2.45, 2.75) is 33.3 Å². The van der Waals surface area contributed by atoms with Crippen LogP contribution < -0.4 is 10.6 Å². The van der Waals surface area contributed by atoms with E-state index in [-0.39, 0.29) is 5.91 Å². The fourth-order valence-electron chi connectivity index (χ4n) is 1.54. The predicted octanol–water partition coefficient (Wildman–Crippen LogP) is 2.25. The topological polar surface area (TPSA) is 67.4 Å². The van der Waals surface area contributed by atoms with Crippen molar-refractivity contribution in [3.63, 3.8) is 0 Å². The number of aryl methyl sites for hydroxylation is 1. The van der Waals surface area contributed by atoms with Gasteiger partial charge in [0.15, 0.2) is 0 Å². The summed E-state index contributed by atoms with van der Waals surface area (Å²) in [7, 11) is 0. The van der Waals surface area contributed by atoms with Crippen molar-refractivity contribution in [1.29, 1.82) is 0 Å². The summed E-state index contributed by atoms with van der Waals surface area (Å²) >= 11 is 0. The number of hydrogen-bond acceptors (Lipinski definition) is 3. The van der Waals surface area contributed by atoms with Gasteiger partial charge in [-0.2, -0.15) is 0 Å². The Bertz CT molecular complexity index is 478. The van der Waals surface area contributed by atoms with E-state index in [1.54, 1.807) is 26.8 Å². The predicted molar refractivity (Wildman–Crippen MR) is 77.7 cm³/mol. The molecule has 2 N–H and O–H groups in total. The molecule has 0 saturated carbocycles. The Labute approximate surface area is 119 Å². The lowest BCUT2D eigenvalue weighted by Crippen LogP contribution is -2.37. The quantitative estimate of drug-likeness (QED) is 0.830. The van der Waals surface area contributed by atoms with Gasteiger partial charge < -0.3 is 15.4 Å². The van der Waals surface area contributed by atoms with E-state index in [2.05, 4.69) is 10.6 Å². The average molecular weight is 278 g/mol. The Morgan fingerprint density at radius 2 is 1.80 bits per heavy atom. The summed E-state index contributed by atoms with van der Waals surface area (Å²) in [6.07, 6.45) is -0.484. The van der Waals surface area contributed by atoms with Crippen molar-refractivity contribution in [2.75, 3.05) is 13.1 Å². The molecule has 0 heterocycles. The van der Waals surface area contributed by atoms with Crippen LogP contribution >= 0.6 is 0 Å². The molecule has 0 aliphatic rings. The molecule has 0 aliphatic carbocycles. The van der Waals surface area contributed by atoms with E-state index in [0.29, 0.717) is 18.7 Å². The van der Waals surface area contributed by atoms with E-state index >= 15 is 0 Å². The molecule has 20 heavy (non-hydrogen) atoms. The Kier molecular flexibility index (Phi) is 5.55. The van der Waals surface area contributed by atoms with Gasteiger partial charge >= 0.3 is 6.09 Å². The van der Waals surface area contributed by atoms with Crippen LogP contribution in [-0.2, 0) is 4.74 Å². The van der Waals surface area contributed by atoms with E-state index in [4.69, 9.17) is 4.74 Å². The smallest absolute Gasteiger partial charge is 0.407 e. The number of alkyl carbamates (subject to hydrolysis) is 1. The molecule has 0 unspecified atom stereocenters. The van der Waals surface area contributed by atoms with Gasteiger partial charge in [0.1, 0.15) is 5.60 Å². The third-order valence-corrected chi connectivity index (χ3v) is 2.36. The van der Waals surface area contributed by atoms with Gasteiger partial charge in [0.2, 0.25) is 0 Å². The average Bonchev–Trinajstić information content (AvgIpc) is 2.32. The van der Waals surface area contributed by atoms with Crippen molar-refractivity contribution in [1.82, 2.24) is 10.6 Å². The summed E-state index contributed by atoms with van der Waals surface area (Å²) in [5.41, 5.74) is 1.13. The van der Waals surface area contributed by atoms with Gasteiger partial charge in [-0.3, -0.25) is 4.79 Å². The van der Waals surface area contributed by atoms with E-state index in [0.717, 1.165) is 5.56 Å². The van der Waals surface area contributed by atoms with E-state index in [9.17, 15) is 9.59 Å². The molecule has 0 bridgehead atoms. The maximum absolute atomic E-state index is 11.8. The maximum Gasteiger partial charge on any atom is 0.407 e. The van der Waals surface area contributed by atoms with Crippen LogP contribution in [0.4, 0.5) is 4.79 Å². The molecule has 1 rings (SSSR count). The molecule has 0 aromatic heterocycles. The number of benzene rings is 1. The van der Waals surface area contributed by atoms with Crippen molar-refractivity contribution >= 4 is 12.0 Å². The molecule has 0 saturated heterocycles. The minimum Gasteiger partial charge on any atom is -0.444 e. The second-order valence-electron chi connectivity index (χ2n) is 5.55. The van der Waals surface area contributed by atoms with E-state index in [1.165, 1.54) is 0 Å². The number of carbonyl (C=O) groups is 2. The zero-order valence-electron chi connectivity index (χ0n) is 12.4. The lowest BCUT2D eigenvalue weighted by Gasteiger charge is -2.19. The Balaban J connectivity index is 2.28. The summed E-state index contributed by atoms with van der Waals surface area (Å²) in [5, 5.41) is 5.32. The first-order valence-corrected chi connectivity index (χ1v) is 6.59. The summed E-state index contributed by atoms with van der Waals surface area (Å²) in [6.45, 7) is 8.00. The molecule has 5 nitrogen and oxygen atoms in total. The summed E-state index contributed by atoms with van der Waals surface area (Å²) in [6, 6.07) is 7.34. The summed E-state index contributed by atoms with van der Waals surface area (Å²) in [5.74, 6) is -0.153. The SMILES string of the molecule is Cc1cccc(C(=O)NCCNC(=O)OC(C)(C)C)c1. The monoisotopic (exact) mass is 278 g/mol. The van der Waals surface area contributed by atoms with Gasteiger partial charge in [0, 0.05) is 18.7 Å². The highest BCUT2D eigenvalue weighted by atomic mass is 16.6. The van der Waals surface area contributed by atoms with Gasteiger partial charge in [-0.1, -0.05) is 17.7 Å². The van der Waals surface area contributed by atoms with Gasteiger partial charge in [0.05, 0.1) is 0 Å². The first-order valence-electron chi connectivity index (χ1n) is 6.59. The van der Waals surface area contributed by atoms with Crippen LogP contribution in [0.2, 0.25) is 0 Å². The largest absolute Gasteiger partial charge is 0.444 e. The number of amides is 2. The lowest BCUT2D eigenvalue weighted by molar-refractivity contribution is 0.0526. The molecule has 0 radical (unpaired) electrons. The maximum atomic E-state index is 11.8. The highest BCUT2D eigenvalue weighted by Gasteiger charge is 2.15. The number of rotatable bonds is 4. The zero-order valence-corrected chi connectivity index (χ0v) is 12.4. The van der Waals surface area contributed by atoms with Crippen LogP contribution in [0.15, 0.2) is 24.3 Å². The first-order chi connectivity index (χ1) is 9.28. The molecule has 5 heteroatoms. The third kappa shape index (κ3) is 6.22.